The molecule has 0 aliphatic carbocycles. The first-order valence-electron chi connectivity index (χ1n) is 9.00. The van der Waals surface area contributed by atoms with E-state index < -0.39 is 23.8 Å². The first kappa shape index (κ1) is 19.6. The highest BCUT2D eigenvalue weighted by atomic mass is 19.3. The van der Waals surface area contributed by atoms with Gasteiger partial charge in [-0.2, -0.15) is 10.2 Å². The van der Waals surface area contributed by atoms with Gasteiger partial charge < -0.3 is 4.90 Å². The van der Waals surface area contributed by atoms with Gasteiger partial charge >= 0.3 is 0 Å². The van der Waals surface area contributed by atoms with Crippen LogP contribution in [-0.2, 0) is 13.6 Å². The van der Waals surface area contributed by atoms with Gasteiger partial charge in [0.15, 0.2) is 5.65 Å². The third-order valence-electron chi connectivity index (χ3n) is 4.61. The van der Waals surface area contributed by atoms with Gasteiger partial charge in [0.05, 0.1) is 24.1 Å². The van der Waals surface area contributed by atoms with Crippen molar-refractivity contribution in [1.29, 1.82) is 0 Å². The van der Waals surface area contributed by atoms with Crippen LogP contribution in [0.2, 0.25) is 0 Å². The van der Waals surface area contributed by atoms with Gasteiger partial charge in [0.2, 0.25) is 0 Å². The van der Waals surface area contributed by atoms with Crippen LogP contribution in [0.25, 0.3) is 16.9 Å². The number of aryl methyl sites for hydroxylation is 1. The van der Waals surface area contributed by atoms with Crippen LogP contribution in [0.15, 0.2) is 48.8 Å². The van der Waals surface area contributed by atoms with Crippen molar-refractivity contribution < 1.29 is 18.0 Å². The second-order valence-corrected chi connectivity index (χ2v) is 6.81. The minimum Gasteiger partial charge on any atom is -0.336 e. The number of amides is 1. The highest BCUT2D eigenvalue weighted by molar-refractivity contribution is 5.99. The van der Waals surface area contributed by atoms with E-state index in [1.54, 1.807) is 31.0 Å². The Kier molecular flexibility index (Phi) is 4.98. The number of rotatable bonds is 5. The minimum atomic E-state index is -2.84. The van der Waals surface area contributed by atoms with Crippen molar-refractivity contribution >= 4 is 11.6 Å². The fourth-order valence-electron chi connectivity index (χ4n) is 3.13. The predicted octanol–water partition coefficient (Wildman–Crippen LogP) is 3.48. The number of nitrogens with zero attached hydrogens (tertiary/aromatic N) is 6. The Morgan fingerprint density at radius 2 is 1.93 bits per heavy atom. The number of halogens is 3. The molecule has 0 N–H and O–H groups in total. The minimum absolute atomic E-state index is 0.00463. The number of fused-ring (bicyclic) bond motifs is 1. The second-order valence-electron chi connectivity index (χ2n) is 6.81. The van der Waals surface area contributed by atoms with Crippen LogP contribution in [-0.4, -0.2) is 42.2 Å². The van der Waals surface area contributed by atoms with Gasteiger partial charge in [-0.15, -0.1) is 0 Å². The molecule has 1 aromatic carbocycles. The Bertz CT molecular complexity index is 1220. The van der Waals surface area contributed by atoms with Gasteiger partial charge in [-0.1, -0.05) is 0 Å². The van der Waals surface area contributed by atoms with E-state index in [0.717, 1.165) is 4.52 Å². The van der Waals surface area contributed by atoms with Crippen LogP contribution >= 0.6 is 0 Å². The van der Waals surface area contributed by atoms with Gasteiger partial charge in [-0.05, 0) is 36.4 Å². The van der Waals surface area contributed by atoms with Crippen LogP contribution in [0.1, 0.15) is 28.2 Å². The monoisotopic (exact) mass is 414 g/mol. The number of hydrogen-bond acceptors (Lipinski definition) is 4. The van der Waals surface area contributed by atoms with Gasteiger partial charge in [-0.25, -0.2) is 22.7 Å². The average Bonchev–Trinajstić information content (AvgIpc) is 3.33. The zero-order valence-corrected chi connectivity index (χ0v) is 16.1. The Labute approximate surface area is 169 Å². The molecule has 0 saturated carbocycles. The van der Waals surface area contributed by atoms with Crippen LogP contribution in [0.3, 0.4) is 0 Å². The molecule has 0 aliphatic rings. The molecule has 30 heavy (non-hydrogen) atoms. The smallest absolute Gasteiger partial charge is 0.280 e. The molecular weight excluding hydrogens is 397 g/mol. The van der Waals surface area contributed by atoms with Gasteiger partial charge in [0, 0.05) is 25.9 Å². The summed E-state index contributed by atoms with van der Waals surface area (Å²) < 4.78 is 43.1. The molecule has 3 heterocycles. The molecule has 4 aromatic rings. The van der Waals surface area contributed by atoms with E-state index in [1.165, 1.54) is 41.4 Å². The number of hydrogen-bond donors (Lipinski definition) is 0. The maximum Gasteiger partial charge on any atom is 0.280 e. The molecule has 1 amide bonds. The van der Waals surface area contributed by atoms with Crippen molar-refractivity contribution in [2.24, 2.45) is 7.05 Å². The molecule has 0 aliphatic heterocycles. The third-order valence-corrected chi connectivity index (χ3v) is 4.61. The maximum absolute atomic E-state index is 13.7. The van der Waals surface area contributed by atoms with Crippen molar-refractivity contribution in [2.45, 2.75) is 13.0 Å². The Morgan fingerprint density at radius 3 is 2.57 bits per heavy atom. The van der Waals surface area contributed by atoms with Gasteiger partial charge in [-0.3, -0.25) is 9.48 Å². The van der Waals surface area contributed by atoms with E-state index in [9.17, 15) is 18.0 Å². The molecule has 0 spiro atoms. The molecule has 4 rings (SSSR count). The van der Waals surface area contributed by atoms with E-state index >= 15 is 0 Å². The number of carbonyl (C=O) groups excluding carboxylic acids is 1. The van der Waals surface area contributed by atoms with Crippen LogP contribution in [0.4, 0.5) is 13.2 Å². The number of benzene rings is 1. The molecule has 154 valence electrons. The van der Waals surface area contributed by atoms with E-state index in [-0.39, 0.29) is 23.4 Å². The van der Waals surface area contributed by atoms with E-state index in [2.05, 4.69) is 15.2 Å². The molecule has 0 fully saturated rings. The Balaban J connectivity index is 1.76. The Hall–Kier alpha value is -3.69. The summed E-state index contributed by atoms with van der Waals surface area (Å²) in [6.07, 6.45) is 0.137. The predicted molar refractivity (Wildman–Crippen MR) is 102 cm³/mol. The summed E-state index contributed by atoms with van der Waals surface area (Å²) in [5.41, 5.74) is 0.995. The standard InChI is InChI=1S/C20H17F3N6O/c1-27(11-14-7-8-28(2)26-14)20(30)15-10-24-29-17(18(22)23)9-16(25-19(15)29)12-3-5-13(21)6-4-12/h3-10,18H,11H2,1-2H3. The lowest BCUT2D eigenvalue weighted by Gasteiger charge is -2.15. The lowest BCUT2D eigenvalue weighted by Crippen LogP contribution is -2.26. The Morgan fingerprint density at radius 1 is 1.20 bits per heavy atom. The highest BCUT2D eigenvalue weighted by Crippen LogP contribution is 2.27. The second kappa shape index (κ2) is 7.62. The van der Waals surface area contributed by atoms with Gasteiger partial charge in [0.1, 0.15) is 17.1 Å². The topological polar surface area (TPSA) is 68.3 Å². The molecule has 0 unspecified atom stereocenters. The first-order chi connectivity index (χ1) is 14.3. The van der Waals surface area contributed by atoms with E-state index in [0.29, 0.717) is 11.3 Å². The van der Waals surface area contributed by atoms with Crippen molar-refractivity contribution in [3.05, 3.63) is 71.6 Å². The number of aromatic nitrogens is 5. The quantitative estimate of drug-likeness (QED) is 0.502. The average molecular weight is 414 g/mol. The fraction of sp³-hybridized carbons (Fsp3) is 0.200. The van der Waals surface area contributed by atoms with Crippen molar-refractivity contribution in [3.63, 3.8) is 0 Å². The molecule has 0 radical (unpaired) electrons. The molecule has 0 atom stereocenters. The zero-order valence-electron chi connectivity index (χ0n) is 16.1. The lowest BCUT2D eigenvalue weighted by atomic mass is 10.1. The molecule has 10 heteroatoms. The first-order valence-corrected chi connectivity index (χ1v) is 9.00. The van der Waals surface area contributed by atoms with Gasteiger partial charge in [0.25, 0.3) is 12.3 Å². The summed E-state index contributed by atoms with van der Waals surface area (Å²) in [5, 5.41) is 8.18. The van der Waals surface area contributed by atoms with E-state index in [1.807, 2.05) is 0 Å². The lowest BCUT2D eigenvalue weighted by molar-refractivity contribution is 0.0784. The summed E-state index contributed by atoms with van der Waals surface area (Å²) in [4.78, 5) is 18.7. The number of alkyl halides is 2. The SMILES string of the molecule is CN(Cc1ccn(C)n1)C(=O)c1cnn2c(C(F)F)cc(-c3ccc(F)cc3)nc12. The third kappa shape index (κ3) is 3.63. The largest absolute Gasteiger partial charge is 0.336 e. The molecule has 0 saturated heterocycles. The summed E-state index contributed by atoms with van der Waals surface area (Å²) in [7, 11) is 3.35. The van der Waals surface area contributed by atoms with E-state index in [4.69, 9.17) is 0 Å². The van der Waals surface area contributed by atoms with Crippen LogP contribution < -0.4 is 0 Å². The summed E-state index contributed by atoms with van der Waals surface area (Å²) in [6, 6.07) is 8.27. The summed E-state index contributed by atoms with van der Waals surface area (Å²) in [5.74, 6) is -0.884. The molecule has 0 bridgehead atoms. The molecule has 7 nitrogen and oxygen atoms in total. The maximum atomic E-state index is 13.7. The highest BCUT2D eigenvalue weighted by Gasteiger charge is 2.23. The fourth-order valence-corrected chi connectivity index (χ4v) is 3.13. The van der Waals surface area contributed by atoms with Crippen molar-refractivity contribution in [3.8, 4) is 11.3 Å². The van der Waals surface area contributed by atoms with Crippen LogP contribution in [0.5, 0.6) is 0 Å². The molecular formula is C20H17F3N6O. The number of carbonyl (C=O) groups is 1. The zero-order chi connectivity index (χ0) is 21.4. The summed E-state index contributed by atoms with van der Waals surface area (Å²) >= 11 is 0. The summed E-state index contributed by atoms with van der Waals surface area (Å²) in [6.45, 7) is 0.233. The molecule has 3 aromatic heterocycles. The normalized spacial score (nSPS) is 11.4. The van der Waals surface area contributed by atoms with Crippen molar-refractivity contribution in [2.75, 3.05) is 7.05 Å². The van der Waals surface area contributed by atoms with Crippen molar-refractivity contribution in [1.82, 2.24) is 29.3 Å². The van der Waals surface area contributed by atoms with Crippen LogP contribution in [0, 0.1) is 5.82 Å².